The Morgan fingerprint density at radius 1 is 0.903 bits per heavy atom. The molecular formula is C25H26N2O4. The topological polar surface area (TPSA) is 67.9 Å². The van der Waals surface area contributed by atoms with Crippen LogP contribution in [-0.4, -0.2) is 36.9 Å². The van der Waals surface area contributed by atoms with Crippen molar-refractivity contribution in [2.75, 3.05) is 25.5 Å². The number of anilines is 1. The highest BCUT2D eigenvalue weighted by atomic mass is 16.5. The summed E-state index contributed by atoms with van der Waals surface area (Å²) in [7, 11) is 1.57. The summed E-state index contributed by atoms with van der Waals surface area (Å²) in [5.41, 5.74) is 2.13. The van der Waals surface area contributed by atoms with E-state index in [2.05, 4.69) is 5.32 Å². The first-order valence-electron chi connectivity index (χ1n) is 10.1. The third kappa shape index (κ3) is 6.34. The zero-order valence-electron chi connectivity index (χ0n) is 17.7. The molecule has 0 fully saturated rings. The molecule has 3 aromatic rings. The van der Waals surface area contributed by atoms with Crippen molar-refractivity contribution in [2.24, 2.45) is 0 Å². The largest absolute Gasteiger partial charge is 0.497 e. The Hall–Kier alpha value is -3.80. The van der Waals surface area contributed by atoms with Gasteiger partial charge in [0.05, 0.1) is 7.11 Å². The molecule has 6 nitrogen and oxygen atoms in total. The predicted octanol–water partition coefficient (Wildman–Crippen LogP) is 4.38. The van der Waals surface area contributed by atoms with Crippen LogP contribution in [0.5, 0.6) is 11.5 Å². The van der Waals surface area contributed by atoms with E-state index in [0.29, 0.717) is 35.9 Å². The number of benzene rings is 3. The third-order valence-electron chi connectivity index (χ3n) is 4.69. The van der Waals surface area contributed by atoms with E-state index in [-0.39, 0.29) is 18.4 Å². The number of carbonyl (C=O) groups excluding carboxylic acids is 2. The van der Waals surface area contributed by atoms with Crippen LogP contribution in [-0.2, 0) is 11.4 Å². The molecule has 0 saturated heterocycles. The monoisotopic (exact) mass is 418 g/mol. The highest BCUT2D eigenvalue weighted by molar-refractivity contribution is 5.99. The molecule has 160 valence electrons. The van der Waals surface area contributed by atoms with Crippen molar-refractivity contribution in [3.8, 4) is 11.5 Å². The third-order valence-corrected chi connectivity index (χ3v) is 4.69. The zero-order chi connectivity index (χ0) is 22.1. The molecule has 0 atom stereocenters. The Balaban J connectivity index is 1.62. The summed E-state index contributed by atoms with van der Waals surface area (Å²) in [5, 5.41) is 2.80. The summed E-state index contributed by atoms with van der Waals surface area (Å²) in [6.45, 7) is 2.60. The lowest BCUT2D eigenvalue weighted by Gasteiger charge is -2.21. The first-order chi connectivity index (χ1) is 15.1. The van der Waals surface area contributed by atoms with E-state index in [4.69, 9.17) is 9.47 Å². The maximum absolute atomic E-state index is 13.0. The Morgan fingerprint density at radius 3 is 2.39 bits per heavy atom. The number of hydrogen-bond donors (Lipinski definition) is 1. The van der Waals surface area contributed by atoms with Crippen LogP contribution in [0, 0.1) is 0 Å². The van der Waals surface area contributed by atoms with Gasteiger partial charge >= 0.3 is 0 Å². The molecule has 0 bridgehead atoms. The van der Waals surface area contributed by atoms with Gasteiger partial charge in [0.15, 0.2) is 0 Å². The van der Waals surface area contributed by atoms with Gasteiger partial charge < -0.3 is 19.7 Å². The molecule has 0 heterocycles. The van der Waals surface area contributed by atoms with E-state index in [1.165, 1.54) is 4.90 Å². The van der Waals surface area contributed by atoms with E-state index in [1.54, 1.807) is 49.6 Å². The molecule has 0 aliphatic carbocycles. The van der Waals surface area contributed by atoms with Crippen LogP contribution in [0.15, 0.2) is 78.9 Å². The highest BCUT2D eigenvalue weighted by Gasteiger charge is 2.18. The molecule has 0 aliphatic heterocycles. The van der Waals surface area contributed by atoms with Crippen LogP contribution in [0.2, 0.25) is 0 Å². The van der Waals surface area contributed by atoms with Gasteiger partial charge in [-0.3, -0.25) is 9.59 Å². The quantitative estimate of drug-likeness (QED) is 0.560. The van der Waals surface area contributed by atoms with Gasteiger partial charge in [-0.25, -0.2) is 0 Å². The van der Waals surface area contributed by atoms with Crippen molar-refractivity contribution < 1.29 is 19.1 Å². The number of rotatable bonds is 9. The molecule has 0 spiro atoms. The Morgan fingerprint density at radius 2 is 1.65 bits per heavy atom. The van der Waals surface area contributed by atoms with Crippen molar-refractivity contribution in [2.45, 2.75) is 13.5 Å². The number of methoxy groups -OCH3 is 1. The second-order valence-corrected chi connectivity index (χ2v) is 6.90. The molecular weight excluding hydrogens is 392 g/mol. The lowest BCUT2D eigenvalue weighted by molar-refractivity contribution is -0.116. The van der Waals surface area contributed by atoms with Crippen LogP contribution >= 0.6 is 0 Å². The summed E-state index contributed by atoms with van der Waals surface area (Å²) in [6, 6.07) is 23.9. The standard InChI is InChI=1S/C25H26N2O4/c1-3-27(17-24(28)26-21-12-8-13-22(16-21)30-2)25(29)20-11-7-14-23(15-20)31-18-19-9-5-4-6-10-19/h4-16H,3,17-18H2,1-2H3,(H,26,28). The smallest absolute Gasteiger partial charge is 0.254 e. The average molecular weight is 418 g/mol. The molecule has 0 radical (unpaired) electrons. The van der Waals surface area contributed by atoms with Crippen LogP contribution in [0.25, 0.3) is 0 Å². The van der Waals surface area contributed by atoms with Crippen molar-refractivity contribution in [1.82, 2.24) is 4.90 Å². The fourth-order valence-electron chi connectivity index (χ4n) is 3.04. The van der Waals surface area contributed by atoms with Crippen molar-refractivity contribution in [1.29, 1.82) is 0 Å². The predicted molar refractivity (Wildman–Crippen MR) is 120 cm³/mol. The number of hydrogen-bond acceptors (Lipinski definition) is 4. The van der Waals surface area contributed by atoms with Gasteiger partial charge in [-0.05, 0) is 42.8 Å². The van der Waals surface area contributed by atoms with Gasteiger partial charge in [-0.1, -0.05) is 42.5 Å². The SMILES string of the molecule is CCN(CC(=O)Nc1cccc(OC)c1)C(=O)c1cccc(OCc2ccccc2)c1. The average Bonchev–Trinajstić information content (AvgIpc) is 2.81. The van der Waals surface area contributed by atoms with Crippen molar-refractivity contribution >= 4 is 17.5 Å². The molecule has 1 N–H and O–H groups in total. The second-order valence-electron chi connectivity index (χ2n) is 6.90. The number of nitrogens with zero attached hydrogens (tertiary/aromatic N) is 1. The number of likely N-dealkylation sites (N-methyl/N-ethyl adjacent to an activating group) is 1. The van der Waals surface area contributed by atoms with Gasteiger partial charge in [0.25, 0.3) is 5.91 Å². The second kappa shape index (κ2) is 10.8. The van der Waals surface area contributed by atoms with Gasteiger partial charge in [0.1, 0.15) is 24.7 Å². The maximum atomic E-state index is 13.0. The molecule has 2 amide bonds. The summed E-state index contributed by atoms with van der Waals surface area (Å²) in [6.07, 6.45) is 0. The van der Waals surface area contributed by atoms with E-state index < -0.39 is 0 Å². The Labute approximate surface area is 182 Å². The van der Waals surface area contributed by atoms with Crippen LogP contribution in [0.4, 0.5) is 5.69 Å². The zero-order valence-corrected chi connectivity index (χ0v) is 17.7. The van der Waals surface area contributed by atoms with Gasteiger partial charge in [0, 0.05) is 23.9 Å². The van der Waals surface area contributed by atoms with E-state index >= 15 is 0 Å². The van der Waals surface area contributed by atoms with Crippen LogP contribution in [0.1, 0.15) is 22.8 Å². The summed E-state index contributed by atoms with van der Waals surface area (Å²) in [5.74, 6) is 0.744. The Kier molecular flexibility index (Phi) is 7.65. The minimum Gasteiger partial charge on any atom is -0.497 e. The summed E-state index contributed by atoms with van der Waals surface area (Å²) in [4.78, 5) is 26.9. The molecule has 31 heavy (non-hydrogen) atoms. The number of amides is 2. The van der Waals surface area contributed by atoms with Gasteiger partial charge in [-0.2, -0.15) is 0 Å². The van der Waals surface area contributed by atoms with E-state index in [9.17, 15) is 9.59 Å². The van der Waals surface area contributed by atoms with Crippen LogP contribution in [0.3, 0.4) is 0 Å². The first kappa shape index (κ1) is 21.9. The minimum absolute atomic E-state index is 0.0539. The molecule has 0 aromatic heterocycles. The molecule has 3 aromatic carbocycles. The minimum atomic E-state index is -0.278. The lowest BCUT2D eigenvalue weighted by Crippen LogP contribution is -2.37. The van der Waals surface area contributed by atoms with Gasteiger partial charge in [-0.15, -0.1) is 0 Å². The molecule has 0 unspecified atom stereocenters. The number of carbonyl (C=O) groups is 2. The Bertz CT molecular complexity index is 1020. The normalized spacial score (nSPS) is 10.3. The number of nitrogens with one attached hydrogen (secondary N) is 1. The molecule has 6 heteroatoms. The molecule has 0 saturated carbocycles. The van der Waals surface area contributed by atoms with Gasteiger partial charge in [0.2, 0.25) is 5.91 Å². The molecule has 0 aliphatic rings. The van der Waals surface area contributed by atoms with E-state index in [1.807, 2.05) is 43.3 Å². The summed E-state index contributed by atoms with van der Waals surface area (Å²) < 4.78 is 11.0. The maximum Gasteiger partial charge on any atom is 0.254 e. The fourth-order valence-corrected chi connectivity index (χ4v) is 3.04. The van der Waals surface area contributed by atoms with Crippen LogP contribution < -0.4 is 14.8 Å². The lowest BCUT2D eigenvalue weighted by atomic mass is 10.2. The summed E-state index contributed by atoms with van der Waals surface area (Å²) >= 11 is 0. The highest BCUT2D eigenvalue weighted by Crippen LogP contribution is 2.18. The van der Waals surface area contributed by atoms with Crippen molar-refractivity contribution in [3.63, 3.8) is 0 Å². The van der Waals surface area contributed by atoms with Crippen molar-refractivity contribution in [3.05, 3.63) is 90.0 Å². The molecule has 3 rings (SSSR count). The fraction of sp³-hybridized carbons (Fsp3) is 0.200. The first-order valence-corrected chi connectivity index (χ1v) is 10.1. The number of ether oxygens (including phenoxy) is 2. The van der Waals surface area contributed by atoms with E-state index in [0.717, 1.165) is 5.56 Å².